The maximum atomic E-state index is 12.1. The van der Waals surface area contributed by atoms with Gasteiger partial charge < -0.3 is 10.6 Å². The van der Waals surface area contributed by atoms with Crippen LogP contribution in [0, 0.1) is 13.8 Å². The van der Waals surface area contributed by atoms with Crippen molar-refractivity contribution in [1.82, 2.24) is 15.1 Å². The van der Waals surface area contributed by atoms with Crippen LogP contribution in [0.25, 0.3) is 0 Å². The van der Waals surface area contributed by atoms with Gasteiger partial charge in [0.05, 0.1) is 23.6 Å². The Balaban J connectivity index is 1.81. The molecule has 1 heterocycles. The molecule has 5 heteroatoms. The summed E-state index contributed by atoms with van der Waals surface area (Å²) in [5.41, 5.74) is 2.71. The molecule has 0 aromatic carbocycles. The molecule has 0 atom stereocenters. The van der Waals surface area contributed by atoms with Gasteiger partial charge >= 0.3 is 0 Å². The monoisotopic (exact) mass is 292 g/mol. The maximum Gasteiger partial charge on any atom is 0.238 e. The minimum absolute atomic E-state index is 0.0243. The summed E-state index contributed by atoms with van der Waals surface area (Å²) in [4.78, 5) is 12.1. The van der Waals surface area contributed by atoms with Crippen LogP contribution < -0.4 is 10.6 Å². The normalized spacial score (nSPS) is 17.3. The molecule has 2 rings (SSSR count). The molecule has 1 fully saturated rings. The largest absolute Gasteiger partial charge is 0.322 e. The van der Waals surface area contributed by atoms with Gasteiger partial charge in [-0.05, 0) is 26.7 Å². The third-order valence-corrected chi connectivity index (χ3v) is 4.43. The van der Waals surface area contributed by atoms with E-state index in [1.807, 2.05) is 20.9 Å². The summed E-state index contributed by atoms with van der Waals surface area (Å²) in [6.07, 6.45) is 8.97. The van der Waals surface area contributed by atoms with Gasteiger partial charge in [-0.2, -0.15) is 5.10 Å². The highest BCUT2D eigenvalue weighted by Crippen LogP contribution is 2.19. The van der Waals surface area contributed by atoms with Crippen molar-refractivity contribution in [3.05, 3.63) is 11.4 Å². The van der Waals surface area contributed by atoms with Crippen molar-refractivity contribution in [3.63, 3.8) is 0 Å². The lowest BCUT2D eigenvalue weighted by atomic mass is 9.97. The van der Waals surface area contributed by atoms with E-state index in [-0.39, 0.29) is 5.91 Å². The van der Waals surface area contributed by atoms with E-state index in [1.54, 1.807) is 4.68 Å². The first-order valence-electron chi connectivity index (χ1n) is 8.11. The molecule has 0 aliphatic heterocycles. The van der Waals surface area contributed by atoms with Crippen molar-refractivity contribution in [3.8, 4) is 0 Å². The molecule has 0 spiro atoms. The molecule has 0 bridgehead atoms. The van der Waals surface area contributed by atoms with Gasteiger partial charge in [-0.25, -0.2) is 0 Å². The van der Waals surface area contributed by atoms with Gasteiger partial charge in [-0.1, -0.05) is 32.1 Å². The van der Waals surface area contributed by atoms with Crippen LogP contribution in [0.2, 0.25) is 0 Å². The van der Waals surface area contributed by atoms with Crippen LogP contribution in [-0.4, -0.2) is 28.3 Å². The van der Waals surface area contributed by atoms with Gasteiger partial charge in [0.15, 0.2) is 0 Å². The maximum absolute atomic E-state index is 12.1. The second-order valence-electron chi connectivity index (χ2n) is 6.14. The number of hydrogen-bond acceptors (Lipinski definition) is 3. The fourth-order valence-electron chi connectivity index (χ4n) is 3.04. The lowest BCUT2D eigenvalue weighted by Gasteiger charge is -2.20. The van der Waals surface area contributed by atoms with Crippen LogP contribution in [-0.2, 0) is 11.8 Å². The molecule has 118 valence electrons. The van der Waals surface area contributed by atoms with Crippen LogP contribution in [0.4, 0.5) is 5.69 Å². The van der Waals surface area contributed by atoms with Crippen molar-refractivity contribution >= 4 is 11.6 Å². The Morgan fingerprint density at radius 3 is 2.38 bits per heavy atom. The summed E-state index contributed by atoms with van der Waals surface area (Å²) in [6, 6.07) is 0.493. The number of hydrogen-bond donors (Lipinski definition) is 2. The number of amides is 1. The predicted octanol–water partition coefficient (Wildman–Crippen LogP) is 2.68. The molecular weight excluding hydrogens is 264 g/mol. The van der Waals surface area contributed by atoms with E-state index in [2.05, 4.69) is 15.7 Å². The van der Waals surface area contributed by atoms with E-state index in [0.717, 1.165) is 17.1 Å². The summed E-state index contributed by atoms with van der Waals surface area (Å²) in [6.45, 7) is 4.28. The van der Waals surface area contributed by atoms with Gasteiger partial charge in [-0.15, -0.1) is 0 Å². The molecule has 1 aromatic heterocycles. The first-order chi connectivity index (χ1) is 10.1. The average molecular weight is 292 g/mol. The molecule has 21 heavy (non-hydrogen) atoms. The second kappa shape index (κ2) is 7.59. The van der Waals surface area contributed by atoms with Crippen LogP contribution in [0.5, 0.6) is 0 Å². The van der Waals surface area contributed by atoms with Crippen molar-refractivity contribution < 1.29 is 4.79 Å². The van der Waals surface area contributed by atoms with Crippen LogP contribution >= 0.6 is 0 Å². The molecule has 5 nitrogen and oxygen atoms in total. The minimum atomic E-state index is 0.0243. The number of carbonyl (C=O) groups excluding carboxylic acids is 1. The highest BCUT2D eigenvalue weighted by Gasteiger charge is 2.15. The zero-order valence-corrected chi connectivity index (χ0v) is 13.5. The molecule has 0 saturated heterocycles. The number of carbonyl (C=O) groups is 1. The van der Waals surface area contributed by atoms with E-state index in [1.165, 1.54) is 44.9 Å². The number of nitrogens with one attached hydrogen (secondary N) is 2. The Morgan fingerprint density at radius 2 is 1.81 bits per heavy atom. The molecule has 1 saturated carbocycles. The Kier molecular flexibility index (Phi) is 5.79. The zero-order chi connectivity index (χ0) is 15.2. The first kappa shape index (κ1) is 16.0. The third-order valence-electron chi connectivity index (χ3n) is 4.43. The molecule has 0 radical (unpaired) electrons. The van der Waals surface area contributed by atoms with Crippen molar-refractivity contribution in [2.45, 2.75) is 64.8 Å². The highest BCUT2D eigenvalue weighted by atomic mass is 16.1. The predicted molar refractivity (Wildman–Crippen MR) is 85.4 cm³/mol. The van der Waals surface area contributed by atoms with Crippen LogP contribution in [0.3, 0.4) is 0 Å². The Bertz CT molecular complexity index is 473. The minimum Gasteiger partial charge on any atom is -0.322 e. The Hall–Kier alpha value is -1.36. The molecule has 1 amide bonds. The van der Waals surface area contributed by atoms with Crippen LogP contribution in [0.15, 0.2) is 0 Å². The first-order valence-corrected chi connectivity index (χ1v) is 8.11. The fourth-order valence-corrected chi connectivity index (χ4v) is 3.04. The van der Waals surface area contributed by atoms with Gasteiger partial charge in [0.25, 0.3) is 0 Å². The summed E-state index contributed by atoms with van der Waals surface area (Å²) < 4.78 is 1.80. The summed E-state index contributed by atoms with van der Waals surface area (Å²) >= 11 is 0. The van der Waals surface area contributed by atoms with Crippen LogP contribution in [0.1, 0.15) is 56.3 Å². The van der Waals surface area contributed by atoms with Gasteiger partial charge in [0.2, 0.25) is 5.91 Å². The quantitative estimate of drug-likeness (QED) is 0.897. The Labute approximate surface area is 127 Å². The fraction of sp³-hybridized carbons (Fsp3) is 0.750. The average Bonchev–Trinajstić information content (AvgIpc) is 2.64. The molecule has 1 aromatic rings. The lowest BCUT2D eigenvalue weighted by molar-refractivity contribution is -0.115. The molecule has 1 aliphatic carbocycles. The van der Waals surface area contributed by atoms with E-state index >= 15 is 0 Å². The number of aromatic nitrogens is 2. The number of nitrogens with zero attached hydrogens (tertiary/aromatic N) is 2. The van der Waals surface area contributed by atoms with Crippen molar-refractivity contribution in [1.29, 1.82) is 0 Å². The summed E-state index contributed by atoms with van der Waals surface area (Å²) in [5.74, 6) is 0.0243. The molecule has 2 N–H and O–H groups in total. The topological polar surface area (TPSA) is 59.0 Å². The summed E-state index contributed by atoms with van der Waals surface area (Å²) in [7, 11) is 1.89. The van der Waals surface area contributed by atoms with E-state index in [0.29, 0.717) is 12.6 Å². The lowest BCUT2D eigenvalue weighted by Crippen LogP contribution is -2.36. The number of aryl methyl sites for hydroxylation is 2. The van der Waals surface area contributed by atoms with Gasteiger partial charge in [-0.3, -0.25) is 9.48 Å². The van der Waals surface area contributed by atoms with Gasteiger partial charge in [0.1, 0.15) is 0 Å². The standard InChI is InChI=1S/C16H28N4O/c1-12-16(13(2)20(3)19-12)18-15(21)11-17-14-9-7-5-4-6-8-10-14/h14,17H,4-11H2,1-3H3,(H,18,21). The SMILES string of the molecule is Cc1nn(C)c(C)c1NC(=O)CNC1CCCCCCC1. The highest BCUT2D eigenvalue weighted by molar-refractivity contribution is 5.93. The zero-order valence-electron chi connectivity index (χ0n) is 13.5. The molecular formula is C16H28N4O. The third kappa shape index (κ3) is 4.56. The van der Waals surface area contributed by atoms with Gasteiger partial charge in [0, 0.05) is 13.1 Å². The van der Waals surface area contributed by atoms with E-state index in [9.17, 15) is 4.79 Å². The van der Waals surface area contributed by atoms with E-state index < -0.39 is 0 Å². The molecule has 0 unspecified atom stereocenters. The number of anilines is 1. The Morgan fingerprint density at radius 1 is 1.19 bits per heavy atom. The van der Waals surface area contributed by atoms with E-state index in [4.69, 9.17) is 0 Å². The summed E-state index contributed by atoms with van der Waals surface area (Å²) in [5, 5.41) is 10.7. The van der Waals surface area contributed by atoms with Crippen molar-refractivity contribution in [2.75, 3.05) is 11.9 Å². The number of rotatable bonds is 4. The second-order valence-corrected chi connectivity index (χ2v) is 6.14. The van der Waals surface area contributed by atoms with Crippen molar-refractivity contribution in [2.24, 2.45) is 7.05 Å². The molecule has 1 aliphatic rings. The smallest absolute Gasteiger partial charge is 0.238 e.